The second kappa shape index (κ2) is 7.95. The molecule has 0 fully saturated rings. The Bertz CT molecular complexity index is 886. The van der Waals surface area contributed by atoms with Crippen molar-refractivity contribution in [2.45, 2.75) is 20.3 Å². The van der Waals surface area contributed by atoms with Crippen LogP contribution in [0.15, 0.2) is 54.3 Å². The number of anilines is 1. The van der Waals surface area contributed by atoms with Gasteiger partial charge in [-0.2, -0.15) is 0 Å². The van der Waals surface area contributed by atoms with Crippen LogP contribution in [0.4, 0.5) is 5.69 Å². The van der Waals surface area contributed by atoms with Gasteiger partial charge in [-0.1, -0.05) is 31.2 Å². The first-order valence-corrected chi connectivity index (χ1v) is 8.85. The van der Waals surface area contributed by atoms with Gasteiger partial charge in [0, 0.05) is 0 Å². The second-order valence-corrected chi connectivity index (χ2v) is 5.94. The van der Waals surface area contributed by atoms with E-state index >= 15 is 0 Å². The number of rotatable bonds is 7. The Kier molecular flexibility index (Phi) is 5.45. The molecule has 0 atom stereocenters. The summed E-state index contributed by atoms with van der Waals surface area (Å²) in [5.74, 6) is -0.866. The number of para-hydroxylation sites is 2. The van der Waals surface area contributed by atoms with E-state index in [1.165, 1.54) is 0 Å². The van der Waals surface area contributed by atoms with E-state index in [9.17, 15) is 14.7 Å². The van der Waals surface area contributed by atoms with Crippen molar-refractivity contribution in [1.82, 2.24) is 0 Å². The molecule has 27 heavy (non-hydrogen) atoms. The van der Waals surface area contributed by atoms with Crippen LogP contribution >= 0.6 is 0 Å². The standard InChI is InChI=1S/C21H21NO5/c1-3-13-27-17-8-6-5-7-16(17)22-20(24)18(19(23)21(22)25)14-9-11-15(12-10-14)26-4-2/h5-12,23H,3-4,13H2,1-2H3. The minimum atomic E-state index is -0.767. The minimum absolute atomic E-state index is 0.0339. The normalized spacial score (nSPS) is 14.1. The maximum Gasteiger partial charge on any atom is 0.301 e. The molecule has 6 nitrogen and oxygen atoms in total. The third-order valence-electron chi connectivity index (χ3n) is 4.08. The predicted molar refractivity (Wildman–Crippen MR) is 102 cm³/mol. The number of carbonyl (C=O) groups excluding carboxylic acids is 2. The number of aliphatic hydroxyl groups is 1. The van der Waals surface area contributed by atoms with Gasteiger partial charge in [-0.3, -0.25) is 9.59 Å². The van der Waals surface area contributed by atoms with E-state index in [0.717, 1.165) is 11.3 Å². The summed E-state index contributed by atoms with van der Waals surface area (Å²) in [7, 11) is 0. The number of imide groups is 1. The van der Waals surface area contributed by atoms with Crippen LogP contribution in [0, 0.1) is 0 Å². The molecule has 0 aliphatic carbocycles. The largest absolute Gasteiger partial charge is 0.502 e. The van der Waals surface area contributed by atoms with E-state index in [-0.39, 0.29) is 5.57 Å². The Morgan fingerprint density at radius 2 is 1.63 bits per heavy atom. The number of amides is 2. The van der Waals surface area contributed by atoms with Crippen LogP contribution in [0.25, 0.3) is 5.57 Å². The Labute approximate surface area is 157 Å². The lowest BCUT2D eigenvalue weighted by Crippen LogP contribution is -2.32. The molecule has 0 radical (unpaired) electrons. The molecule has 0 bridgehead atoms. The Morgan fingerprint density at radius 1 is 0.926 bits per heavy atom. The third-order valence-corrected chi connectivity index (χ3v) is 4.08. The third kappa shape index (κ3) is 3.51. The topological polar surface area (TPSA) is 76.1 Å². The fourth-order valence-corrected chi connectivity index (χ4v) is 2.86. The quantitative estimate of drug-likeness (QED) is 0.755. The zero-order chi connectivity index (χ0) is 19.4. The van der Waals surface area contributed by atoms with Crippen LogP contribution < -0.4 is 14.4 Å². The number of carbonyl (C=O) groups is 2. The summed E-state index contributed by atoms with van der Waals surface area (Å²) in [4.78, 5) is 26.5. The van der Waals surface area contributed by atoms with Crippen molar-refractivity contribution in [2.24, 2.45) is 0 Å². The summed E-state index contributed by atoms with van der Waals surface area (Å²) < 4.78 is 11.0. The lowest BCUT2D eigenvalue weighted by molar-refractivity contribution is -0.121. The van der Waals surface area contributed by atoms with Gasteiger partial charge >= 0.3 is 5.91 Å². The highest BCUT2D eigenvalue weighted by Gasteiger charge is 2.41. The first kappa shape index (κ1) is 18.5. The highest BCUT2D eigenvalue weighted by Crippen LogP contribution is 2.37. The maximum absolute atomic E-state index is 13.0. The predicted octanol–water partition coefficient (Wildman–Crippen LogP) is 3.72. The van der Waals surface area contributed by atoms with Crippen molar-refractivity contribution in [2.75, 3.05) is 18.1 Å². The van der Waals surface area contributed by atoms with Crippen molar-refractivity contribution in [3.63, 3.8) is 0 Å². The van der Waals surface area contributed by atoms with Gasteiger partial charge < -0.3 is 14.6 Å². The fourth-order valence-electron chi connectivity index (χ4n) is 2.86. The number of nitrogens with zero attached hydrogens (tertiary/aromatic N) is 1. The van der Waals surface area contributed by atoms with E-state index in [2.05, 4.69) is 0 Å². The van der Waals surface area contributed by atoms with E-state index in [1.807, 2.05) is 13.8 Å². The fraction of sp³-hybridized carbons (Fsp3) is 0.238. The number of hydrogen-bond donors (Lipinski definition) is 1. The van der Waals surface area contributed by atoms with Gasteiger partial charge in [0.1, 0.15) is 11.5 Å². The van der Waals surface area contributed by atoms with Gasteiger partial charge in [0.25, 0.3) is 5.91 Å². The summed E-state index contributed by atoms with van der Waals surface area (Å²) in [6.45, 7) is 4.81. The van der Waals surface area contributed by atoms with Crippen LogP contribution in [-0.4, -0.2) is 30.1 Å². The molecule has 1 heterocycles. The van der Waals surface area contributed by atoms with E-state index in [4.69, 9.17) is 9.47 Å². The molecule has 2 aromatic rings. The molecule has 0 unspecified atom stereocenters. The van der Waals surface area contributed by atoms with Gasteiger partial charge in [0.2, 0.25) is 0 Å². The number of ether oxygens (including phenoxy) is 2. The molecule has 2 amide bonds. The van der Waals surface area contributed by atoms with E-state index in [0.29, 0.717) is 36.0 Å². The lowest BCUT2D eigenvalue weighted by Gasteiger charge is -2.18. The van der Waals surface area contributed by atoms with Crippen molar-refractivity contribution >= 4 is 23.1 Å². The SMILES string of the molecule is CCCOc1ccccc1N1C(=O)C(O)=C(c2ccc(OCC)cc2)C1=O. The van der Waals surface area contributed by atoms with Gasteiger partial charge in [0.15, 0.2) is 5.76 Å². The average molecular weight is 367 g/mol. The first-order chi connectivity index (χ1) is 13.1. The summed E-state index contributed by atoms with van der Waals surface area (Å²) in [6, 6.07) is 13.5. The molecule has 0 aromatic heterocycles. The molecule has 0 saturated carbocycles. The lowest BCUT2D eigenvalue weighted by atomic mass is 10.1. The Hall–Kier alpha value is -3.28. The van der Waals surface area contributed by atoms with Crippen LogP contribution in [0.2, 0.25) is 0 Å². The van der Waals surface area contributed by atoms with E-state index in [1.54, 1.807) is 48.5 Å². The molecular weight excluding hydrogens is 346 g/mol. The number of benzene rings is 2. The molecule has 6 heteroatoms. The molecule has 140 valence electrons. The second-order valence-electron chi connectivity index (χ2n) is 5.94. The monoisotopic (exact) mass is 367 g/mol. The summed E-state index contributed by atoms with van der Waals surface area (Å²) in [5, 5.41) is 10.3. The maximum atomic E-state index is 13.0. The first-order valence-electron chi connectivity index (χ1n) is 8.85. The van der Waals surface area contributed by atoms with Crippen molar-refractivity contribution < 1.29 is 24.2 Å². The highest BCUT2D eigenvalue weighted by atomic mass is 16.5. The number of hydrogen-bond acceptors (Lipinski definition) is 5. The minimum Gasteiger partial charge on any atom is -0.502 e. The summed E-state index contributed by atoms with van der Waals surface area (Å²) in [6.07, 6.45) is 0.789. The van der Waals surface area contributed by atoms with Crippen molar-refractivity contribution in [1.29, 1.82) is 0 Å². The van der Waals surface area contributed by atoms with Crippen molar-refractivity contribution in [3.05, 3.63) is 59.9 Å². The zero-order valence-corrected chi connectivity index (χ0v) is 15.3. The van der Waals surface area contributed by atoms with Gasteiger partial charge in [-0.25, -0.2) is 4.90 Å². The molecule has 1 aliphatic rings. The van der Waals surface area contributed by atoms with Crippen LogP contribution in [0.3, 0.4) is 0 Å². The van der Waals surface area contributed by atoms with Gasteiger partial charge in [0.05, 0.1) is 24.5 Å². The average Bonchev–Trinajstić information content (AvgIpc) is 2.90. The highest BCUT2D eigenvalue weighted by molar-refractivity contribution is 6.45. The smallest absolute Gasteiger partial charge is 0.301 e. The Morgan fingerprint density at radius 3 is 2.30 bits per heavy atom. The summed E-state index contributed by atoms with van der Waals surface area (Å²) in [5.41, 5.74) is 0.727. The van der Waals surface area contributed by atoms with Gasteiger partial charge in [-0.05, 0) is 43.2 Å². The Balaban J connectivity index is 1.95. The molecule has 3 rings (SSSR count). The van der Waals surface area contributed by atoms with E-state index < -0.39 is 17.6 Å². The molecule has 1 N–H and O–H groups in total. The van der Waals surface area contributed by atoms with Crippen molar-refractivity contribution in [3.8, 4) is 11.5 Å². The zero-order valence-electron chi connectivity index (χ0n) is 15.3. The molecule has 1 aliphatic heterocycles. The van der Waals surface area contributed by atoms with Gasteiger partial charge in [-0.15, -0.1) is 0 Å². The molecular formula is C21H21NO5. The molecule has 0 spiro atoms. The number of aliphatic hydroxyl groups excluding tert-OH is 1. The summed E-state index contributed by atoms with van der Waals surface area (Å²) >= 11 is 0. The van der Waals surface area contributed by atoms with Crippen LogP contribution in [-0.2, 0) is 9.59 Å². The molecule has 2 aromatic carbocycles. The van der Waals surface area contributed by atoms with Crippen LogP contribution in [0.5, 0.6) is 11.5 Å². The van der Waals surface area contributed by atoms with Crippen LogP contribution in [0.1, 0.15) is 25.8 Å². The molecule has 0 saturated heterocycles.